The number of nitrogens with zero attached hydrogens (tertiary/aromatic N) is 3. The van der Waals surface area contributed by atoms with Gasteiger partial charge < -0.3 is 9.88 Å². The summed E-state index contributed by atoms with van der Waals surface area (Å²) in [5, 5.41) is 1.12. The first-order valence-electron chi connectivity index (χ1n) is 10.2. The molecule has 144 valence electrons. The minimum Gasteiger partial charge on any atom is -0.357 e. The number of carbonyl (C=O) groups excluding carboxylic acids is 1. The molecular weight excluding hydrogens is 343 g/mol. The fraction of sp³-hybridized carbons (Fsp3) is 0.571. The first-order chi connectivity index (χ1) is 13.2. The number of piperazine rings is 1. The van der Waals surface area contributed by atoms with Gasteiger partial charge >= 0.3 is 0 Å². The van der Waals surface area contributed by atoms with Crippen LogP contribution in [0.25, 0.3) is 10.9 Å². The van der Waals surface area contributed by atoms with E-state index in [1.54, 1.807) is 6.07 Å². The van der Waals surface area contributed by atoms with Crippen LogP contribution in [-0.4, -0.2) is 70.9 Å². The third-order valence-electron chi connectivity index (χ3n) is 6.63. The molecule has 5 nitrogen and oxygen atoms in total. The average Bonchev–Trinajstić information content (AvgIpc) is 2.97. The number of H-pyrrole nitrogens is 1. The summed E-state index contributed by atoms with van der Waals surface area (Å²) in [7, 11) is 0. The molecule has 2 fully saturated rings. The minimum atomic E-state index is -0.214. The van der Waals surface area contributed by atoms with E-state index < -0.39 is 0 Å². The molecule has 0 bridgehead atoms. The zero-order valence-corrected chi connectivity index (χ0v) is 15.7. The molecule has 1 N–H and O–H groups in total. The fourth-order valence-corrected chi connectivity index (χ4v) is 4.79. The molecule has 1 saturated carbocycles. The van der Waals surface area contributed by atoms with Crippen molar-refractivity contribution in [3.05, 3.63) is 35.3 Å². The zero-order valence-electron chi connectivity index (χ0n) is 15.7. The van der Waals surface area contributed by atoms with Gasteiger partial charge in [0.25, 0.3) is 0 Å². The molecule has 0 spiro atoms. The molecule has 1 aromatic carbocycles. The number of carbonyl (C=O) groups is 1. The Morgan fingerprint density at radius 1 is 1.15 bits per heavy atom. The first kappa shape index (κ1) is 17.2. The monoisotopic (exact) mass is 370 g/mol. The lowest BCUT2D eigenvalue weighted by Gasteiger charge is -2.43. The van der Waals surface area contributed by atoms with E-state index in [0.29, 0.717) is 6.54 Å². The second-order valence-corrected chi connectivity index (χ2v) is 8.23. The van der Waals surface area contributed by atoms with Gasteiger partial charge in [0.2, 0.25) is 5.91 Å². The number of hydrogen-bond donors (Lipinski definition) is 1. The molecule has 27 heavy (non-hydrogen) atoms. The van der Waals surface area contributed by atoms with Crippen molar-refractivity contribution in [3.8, 4) is 0 Å². The average molecular weight is 370 g/mol. The van der Waals surface area contributed by atoms with Crippen LogP contribution >= 0.6 is 0 Å². The summed E-state index contributed by atoms with van der Waals surface area (Å²) >= 11 is 0. The Balaban J connectivity index is 1.20. The van der Waals surface area contributed by atoms with Crippen molar-refractivity contribution in [2.45, 2.75) is 38.3 Å². The lowest BCUT2D eigenvalue weighted by Crippen LogP contribution is -2.55. The molecule has 3 aliphatic rings. The summed E-state index contributed by atoms with van der Waals surface area (Å²) < 4.78 is 13.5. The molecule has 0 radical (unpaired) electrons. The van der Waals surface area contributed by atoms with Crippen LogP contribution in [0.15, 0.2) is 18.2 Å². The van der Waals surface area contributed by atoms with Crippen LogP contribution < -0.4 is 0 Å². The highest BCUT2D eigenvalue weighted by Gasteiger charge is 2.30. The highest BCUT2D eigenvalue weighted by molar-refractivity contribution is 5.85. The van der Waals surface area contributed by atoms with Gasteiger partial charge in [-0.05, 0) is 43.0 Å². The molecular formula is C21H27FN4O. The number of fused-ring (bicyclic) bond motifs is 3. The van der Waals surface area contributed by atoms with Gasteiger partial charge in [-0.25, -0.2) is 4.39 Å². The Morgan fingerprint density at radius 2 is 1.96 bits per heavy atom. The van der Waals surface area contributed by atoms with Crippen molar-refractivity contribution >= 4 is 16.8 Å². The predicted molar refractivity (Wildman–Crippen MR) is 103 cm³/mol. The van der Waals surface area contributed by atoms with Crippen LogP contribution in [0.5, 0.6) is 0 Å². The Hall–Kier alpha value is -1.92. The van der Waals surface area contributed by atoms with Gasteiger partial charge in [-0.3, -0.25) is 14.6 Å². The van der Waals surface area contributed by atoms with Crippen molar-refractivity contribution in [1.82, 2.24) is 19.7 Å². The third-order valence-corrected chi connectivity index (χ3v) is 6.63. The number of benzene rings is 1. The number of amides is 1. The van der Waals surface area contributed by atoms with Gasteiger partial charge in [0.15, 0.2) is 0 Å². The number of halogens is 1. The summed E-state index contributed by atoms with van der Waals surface area (Å²) in [5.41, 5.74) is 3.27. The molecule has 1 aliphatic carbocycles. The maximum atomic E-state index is 13.5. The molecule has 2 aliphatic heterocycles. The van der Waals surface area contributed by atoms with Crippen LogP contribution in [-0.2, 0) is 17.8 Å². The zero-order chi connectivity index (χ0) is 18.4. The molecule has 2 aromatic rings. The van der Waals surface area contributed by atoms with E-state index in [1.807, 2.05) is 11.0 Å². The third kappa shape index (κ3) is 3.25. The van der Waals surface area contributed by atoms with E-state index in [4.69, 9.17) is 0 Å². The maximum absolute atomic E-state index is 13.5. The van der Waals surface area contributed by atoms with Crippen LogP contribution in [0.1, 0.15) is 30.5 Å². The normalized spacial score (nSPS) is 22.0. The van der Waals surface area contributed by atoms with Crippen LogP contribution in [0.2, 0.25) is 0 Å². The Kier molecular flexibility index (Phi) is 4.40. The van der Waals surface area contributed by atoms with Crippen molar-refractivity contribution in [1.29, 1.82) is 0 Å². The topological polar surface area (TPSA) is 42.6 Å². The van der Waals surface area contributed by atoms with Gasteiger partial charge in [0, 0.05) is 61.9 Å². The van der Waals surface area contributed by atoms with Gasteiger partial charge in [0.1, 0.15) is 5.82 Å². The summed E-state index contributed by atoms with van der Waals surface area (Å²) in [6, 6.07) is 5.72. The highest BCUT2D eigenvalue weighted by atomic mass is 19.1. The van der Waals surface area contributed by atoms with Gasteiger partial charge in [-0.15, -0.1) is 0 Å². The molecule has 1 aromatic heterocycles. The smallest absolute Gasteiger partial charge is 0.236 e. The van der Waals surface area contributed by atoms with Crippen LogP contribution in [0.4, 0.5) is 4.39 Å². The maximum Gasteiger partial charge on any atom is 0.236 e. The van der Waals surface area contributed by atoms with Crippen molar-refractivity contribution in [2.75, 3.05) is 39.3 Å². The molecule has 1 amide bonds. The highest BCUT2D eigenvalue weighted by Crippen LogP contribution is 2.28. The number of hydrogen-bond acceptors (Lipinski definition) is 3. The summed E-state index contributed by atoms with van der Waals surface area (Å²) in [4.78, 5) is 22.9. The second-order valence-electron chi connectivity index (χ2n) is 8.23. The summed E-state index contributed by atoms with van der Waals surface area (Å²) in [6.07, 6.45) is 4.93. The lowest BCUT2D eigenvalue weighted by molar-refractivity contribution is -0.135. The van der Waals surface area contributed by atoms with E-state index in [1.165, 1.54) is 30.9 Å². The molecule has 3 heterocycles. The number of rotatable bonds is 3. The second kappa shape index (κ2) is 6.91. The number of aromatic amines is 1. The van der Waals surface area contributed by atoms with E-state index >= 15 is 0 Å². The Morgan fingerprint density at radius 3 is 2.70 bits per heavy atom. The van der Waals surface area contributed by atoms with E-state index in [-0.39, 0.29) is 11.7 Å². The van der Waals surface area contributed by atoms with Crippen molar-refractivity contribution < 1.29 is 9.18 Å². The summed E-state index contributed by atoms with van der Waals surface area (Å²) in [5.74, 6) is 0.0306. The van der Waals surface area contributed by atoms with Crippen LogP contribution in [0, 0.1) is 5.82 Å². The van der Waals surface area contributed by atoms with Gasteiger partial charge in [-0.1, -0.05) is 6.42 Å². The van der Waals surface area contributed by atoms with E-state index in [2.05, 4.69) is 14.8 Å². The fourth-order valence-electron chi connectivity index (χ4n) is 4.79. The quantitative estimate of drug-likeness (QED) is 0.902. The first-order valence-corrected chi connectivity index (χ1v) is 10.2. The summed E-state index contributed by atoms with van der Waals surface area (Å²) in [6.45, 7) is 5.86. The lowest BCUT2D eigenvalue weighted by atomic mass is 9.91. The Bertz CT molecular complexity index is 851. The standard InChI is InChI=1S/C21H27FN4O/c22-15-4-5-17-18-6-7-24(13-20(18)23-19(17)12-15)14-21(27)26-10-8-25(9-11-26)16-2-1-3-16/h4-5,12,16,23H,1-3,6-11,13-14H2. The van der Waals surface area contributed by atoms with E-state index in [0.717, 1.165) is 68.3 Å². The van der Waals surface area contributed by atoms with Crippen molar-refractivity contribution in [2.24, 2.45) is 0 Å². The molecule has 0 atom stereocenters. The molecule has 5 rings (SSSR count). The van der Waals surface area contributed by atoms with E-state index in [9.17, 15) is 9.18 Å². The SMILES string of the molecule is O=C(CN1CCc2c([nH]c3cc(F)ccc23)C1)N1CCN(C2CCC2)CC1. The molecule has 0 unspecified atom stereocenters. The number of aromatic nitrogens is 1. The minimum absolute atomic E-state index is 0.214. The Labute approximate surface area is 159 Å². The largest absolute Gasteiger partial charge is 0.357 e. The van der Waals surface area contributed by atoms with Gasteiger partial charge in [0.05, 0.1) is 6.54 Å². The van der Waals surface area contributed by atoms with Crippen molar-refractivity contribution in [3.63, 3.8) is 0 Å². The predicted octanol–water partition coefficient (Wildman–Crippen LogP) is 2.36. The number of nitrogens with one attached hydrogen (secondary N) is 1. The van der Waals surface area contributed by atoms with Crippen LogP contribution in [0.3, 0.4) is 0 Å². The molecule has 1 saturated heterocycles. The van der Waals surface area contributed by atoms with Gasteiger partial charge in [-0.2, -0.15) is 0 Å². The molecule has 6 heteroatoms.